The second-order valence-corrected chi connectivity index (χ2v) is 8.75. The third kappa shape index (κ3) is 4.02. The van der Waals surface area contributed by atoms with Crippen molar-refractivity contribution in [1.82, 2.24) is 10.2 Å². The molecule has 2 aliphatic rings. The standard InChI is InChI=1S/C20H32N2O3/c1-13-9-16-17(10-20(2,3)11-18(16)25-13)21-19(24)22(4)15-7-5-14(12-23)6-8-15/h9,14-15,17,23H,5-8,10-12H2,1-4H3,(H,21,24). The van der Waals surface area contributed by atoms with E-state index in [0.717, 1.165) is 55.6 Å². The first-order chi connectivity index (χ1) is 11.8. The average molecular weight is 348 g/mol. The van der Waals surface area contributed by atoms with Gasteiger partial charge in [-0.25, -0.2) is 4.79 Å². The SMILES string of the molecule is Cc1cc2c(o1)CC(C)(C)CC2NC(=O)N(C)C1CCC(CO)CC1. The summed E-state index contributed by atoms with van der Waals surface area (Å²) in [6.07, 6.45) is 5.79. The lowest BCUT2D eigenvalue weighted by Gasteiger charge is -2.38. The minimum absolute atomic E-state index is 0.0000449. The molecule has 0 aliphatic heterocycles. The number of fused-ring (bicyclic) bond motifs is 1. The first-order valence-corrected chi connectivity index (χ1v) is 9.52. The molecule has 3 rings (SSSR count). The lowest BCUT2D eigenvalue weighted by molar-refractivity contribution is 0.130. The van der Waals surface area contributed by atoms with Gasteiger partial charge in [0.2, 0.25) is 0 Å². The first-order valence-electron chi connectivity index (χ1n) is 9.52. The van der Waals surface area contributed by atoms with Crippen molar-refractivity contribution in [2.75, 3.05) is 13.7 Å². The highest BCUT2D eigenvalue weighted by atomic mass is 16.3. The molecule has 0 radical (unpaired) electrons. The zero-order valence-electron chi connectivity index (χ0n) is 16.0. The van der Waals surface area contributed by atoms with Gasteiger partial charge < -0.3 is 19.7 Å². The van der Waals surface area contributed by atoms with Gasteiger partial charge in [-0.1, -0.05) is 13.8 Å². The molecule has 2 aliphatic carbocycles. The molecule has 1 heterocycles. The quantitative estimate of drug-likeness (QED) is 0.873. The number of carbonyl (C=O) groups is 1. The number of carbonyl (C=O) groups excluding carboxylic acids is 1. The van der Waals surface area contributed by atoms with Gasteiger partial charge in [0, 0.05) is 31.7 Å². The summed E-state index contributed by atoms with van der Waals surface area (Å²) in [4.78, 5) is 14.7. The van der Waals surface area contributed by atoms with E-state index in [1.165, 1.54) is 0 Å². The molecule has 1 atom stereocenters. The predicted molar refractivity (Wildman–Crippen MR) is 97.4 cm³/mol. The Labute approximate surface area is 150 Å². The summed E-state index contributed by atoms with van der Waals surface area (Å²) in [6, 6.07) is 2.35. The van der Waals surface area contributed by atoms with E-state index in [1.807, 2.05) is 18.9 Å². The lowest BCUT2D eigenvalue weighted by atomic mass is 9.75. The molecule has 2 N–H and O–H groups in total. The van der Waals surface area contributed by atoms with Crippen molar-refractivity contribution in [3.63, 3.8) is 0 Å². The van der Waals surface area contributed by atoms with Crippen molar-refractivity contribution in [3.8, 4) is 0 Å². The van der Waals surface area contributed by atoms with Gasteiger partial charge in [-0.3, -0.25) is 0 Å². The molecule has 1 unspecified atom stereocenters. The third-order valence-electron chi connectivity index (χ3n) is 5.98. The maximum Gasteiger partial charge on any atom is 0.317 e. The maximum atomic E-state index is 12.8. The van der Waals surface area contributed by atoms with E-state index >= 15 is 0 Å². The predicted octanol–water partition coefficient (Wildman–Crippen LogP) is 3.79. The van der Waals surface area contributed by atoms with Gasteiger partial charge >= 0.3 is 6.03 Å². The minimum atomic E-state index is -0.0000449. The highest BCUT2D eigenvalue weighted by Gasteiger charge is 2.36. The van der Waals surface area contributed by atoms with Crippen LogP contribution in [0.2, 0.25) is 0 Å². The summed E-state index contributed by atoms with van der Waals surface area (Å²) >= 11 is 0. The molecule has 0 saturated heterocycles. The lowest BCUT2D eigenvalue weighted by Crippen LogP contribution is -2.47. The van der Waals surface area contributed by atoms with Crippen LogP contribution in [0.4, 0.5) is 4.79 Å². The fraction of sp³-hybridized carbons (Fsp3) is 0.750. The van der Waals surface area contributed by atoms with Crippen molar-refractivity contribution < 1.29 is 14.3 Å². The molecular weight excluding hydrogens is 316 g/mol. The Kier molecular flexibility index (Phi) is 5.14. The summed E-state index contributed by atoms with van der Waals surface area (Å²) < 4.78 is 5.87. The van der Waals surface area contributed by atoms with E-state index in [1.54, 1.807) is 0 Å². The highest BCUT2D eigenvalue weighted by Crippen LogP contribution is 2.42. The Bertz CT molecular complexity index is 614. The second-order valence-electron chi connectivity index (χ2n) is 8.75. The summed E-state index contributed by atoms with van der Waals surface area (Å²) in [5.41, 5.74) is 1.26. The van der Waals surface area contributed by atoms with Gasteiger partial charge in [-0.15, -0.1) is 0 Å². The molecule has 25 heavy (non-hydrogen) atoms. The van der Waals surface area contributed by atoms with Gasteiger partial charge in [0.05, 0.1) is 6.04 Å². The van der Waals surface area contributed by atoms with E-state index in [9.17, 15) is 9.90 Å². The van der Waals surface area contributed by atoms with Crippen LogP contribution in [0.5, 0.6) is 0 Å². The van der Waals surface area contributed by atoms with Crippen LogP contribution >= 0.6 is 0 Å². The average Bonchev–Trinajstić information content (AvgIpc) is 2.93. The Hall–Kier alpha value is -1.49. The third-order valence-corrected chi connectivity index (χ3v) is 5.98. The number of nitrogens with one attached hydrogen (secondary N) is 1. The number of nitrogens with zero attached hydrogens (tertiary/aromatic N) is 1. The molecule has 5 heteroatoms. The van der Waals surface area contributed by atoms with E-state index < -0.39 is 0 Å². The molecule has 1 saturated carbocycles. The van der Waals surface area contributed by atoms with Crippen molar-refractivity contribution in [3.05, 3.63) is 23.2 Å². The normalized spacial score (nSPS) is 28.3. The van der Waals surface area contributed by atoms with Crippen LogP contribution in [-0.2, 0) is 6.42 Å². The molecule has 1 aromatic rings. The summed E-state index contributed by atoms with van der Waals surface area (Å²) in [5.74, 6) is 2.34. The Balaban J connectivity index is 1.66. The second kappa shape index (κ2) is 7.02. The molecule has 1 fully saturated rings. The number of amides is 2. The maximum absolute atomic E-state index is 12.8. The summed E-state index contributed by atoms with van der Waals surface area (Å²) in [7, 11) is 1.90. The number of hydrogen-bond donors (Lipinski definition) is 2. The van der Waals surface area contributed by atoms with Crippen molar-refractivity contribution in [1.29, 1.82) is 0 Å². The summed E-state index contributed by atoms with van der Waals surface area (Å²) in [5, 5.41) is 12.5. The Morgan fingerprint density at radius 1 is 1.36 bits per heavy atom. The van der Waals surface area contributed by atoms with Crippen LogP contribution in [0.15, 0.2) is 10.5 Å². The number of rotatable bonds is 3. The topological polar surface area (TPSA) is 65.7 Å². The molecule has 5 nitrogen and oxygen atoms in total. The van der Waals surface area contributed by atoms with Crippen LogP contribution in [0, 0.1) is 18.3 Å². The van der Waals surface area contributed by atoms with Crippen LogP contribution in [0.25, 0.3) is 0 Å². The number of aryl methyl sites for hydroxylation is 1. The summed E-state index contributed by atoms with van der Waals surface area (Å²) in [6.45, 7) is 6.69. The monoisotopic (exact) mass is 348 g/mol. The van der Waals surface area contributed by atoms with Gasteiger partial charge in [0.1, 0.15) is 11.5 Å². The van der Waals surface area contributed by atoms with Crippen molar-refractivity contribution in [2.24, 2.45) is 11.3 Å². The Morgan fingerprint density at radius 2 is 2.04 bits per heavy atom. The number of hydrogen-bond acceptors (Lipinski definition) is 3. The van der Waals surface area contributed by atoms with Crippen LogP contribution in [0.3, 0.4) is 0 Å². The molecule has 0 aromatic carbocycles. The van der Waals surface area contributed by atoms with Gasteiger partial charge in [-0.05, 0) is 56.4 Å². The molecule has 1 aromatic heterocycles. The smallest absolute Gasteiger partial charge is 0.317 e. The fourth-order valence-corrected chi connectivity index (χ4v) is 4.44. The van der Waals surface area contributed by atoms with Crippen molar-refractivity contribution in [2.45, 2.75) is 71.4 Å². The van der Waals surface area contributed by atoms with E-state index in [-0.39, 0.29) is 30.1 Å². The first kappa shape index (κ1) is 18.3. The fourth-order valence-electron chi connectivity index (χ4n) is 4.44. The zero-order chi connectivity index (χ0) is 18.2. The number of furan rings is 1. The Morgan fingerprint density at radius 3 is 2.68 bits per heavy atom. The highest BCUT2D eigenvalue weighted by molar-refractivity contribution is 5.75. The molecule has 140 valence electrons. The van der Waals surface area contributed by atoms with E-state index in [2.05, 4.69) is 25.2 Å². The molecule has 0 bridgehead atoms. The van der Waals surface area contributed by atoms with Crippen molar-refractivity contribution >= 4 is 6.03 Å². The van der Waals surface area contributed by atoms with E-state index in [4.69, 9.17) is 4.42 Å². The van der Waals surface area contributed by atoms with Crippen LogP contribution in [-0.4, -0.2) is 35.7 Å². The van der Waals surface area contributed by atoms with E-state index in [0.29, 0.717) is 5.92 Å². The van der Waals surface area contributed by atoms with Gasteiger partial charge in [0.25, 0.3) is 0 Å². The minimum Gasteiger partial charge on any atom is -0.466 e. The molecule has 0 spiro atoms. The number of urea groups is 1. The van der Waals surface area contributed by atoms with Crippen LogP contribution < -0.4 is 5.32 Å². The number of aliphatic hydroxyl groups excluding tert-OH is 1. The number of aliphatic hydroxyl groups is 1. The van der Waals surface area contributed by atoms with Gasteiger partial charge in [-0.2, -0.15) is 0 Å². The van der Waals surface area contributed by atoms with Gasteiger partial charge in [0.15, 0.2) is 0 Å². The molecular formula is C20H32N2O3. The largest absolute Gasteiger partial charge is 0.466 e. The van der Waals surface area contributed by atoms with Crippen LogP contribution in [0.1, 0.15) is 69.1 Å². The molecule has 2 amide bonds. The zero-order valence-corrected chi connectivity index (χ0v) is 16.0.